The molecule has 0 spiro atoms. The quantitative estimate of drug-likeness (QED) is 0.730. The van der Waals surface area contributed by atoms with E-state index in [2.05, 4.69) is 13.8 Å². The molecule has 3 unspecified atom stereocenters. The largest absolute Gasteiger partial charge is 0.389 e. The zero-order valence-electron chi connectivity index (χ0n) is 9.63. The van der Waals surface area contributed by atoms with Gasteiger partial charge in [-0.3, -0.25) is 0 Å². The molecule has 0 saturated heterocycles. The molecule has 3 N–H and O–H groups in total. The predicted molar refractivity (Wildman–Crippen MR) is 60.0 cm³/mol. The van der Waals surface area contributed by atoms with Gasteiger partial charge in [0.15, 0.2) is 0 Å². The summed E-state index contributed by atoms with van der Waals surface area (Å²) in [6, 6.07) is 0. The third kappa shape index (κ3) is 2.12. The third-order valence-corrected chi connectivity index (χ3v) is 4.06. The molecule has 1 aliphatic rings. The van der Waals surface area contributed by atoms with E-state index in [9.17, 15) is 5.11 Å². The highest BCUT2D eigenvalue weighted by molar-refractivity contribution is 4.94. The highest BCUT2D eigenvalue weighted by Crippen LogP contribution is 2.41. The molecule has 1 fully saturated rings. The molecule has 0 aliphatic heterocycles. The summed E-state index contributed by atoms with van der Waals surface area (Å²) >= 11 is 0. The predicted octanol–water partition coefficient (Wildman–Crippen LogP) is 2.30. The van der Waals surface area contributed by atoms with Gasteiger partial charge in [0, 0.05) is 0 Å². The maximum absolute atomic E-state index is 10.7. The highest BCUT2D eigenvalue weighted by Gasteiger charge is 2.42. The second-order valence-electron chi connectivity index (χ2n) is 4.68. The molecule has 14 heavy (non-hydrogen) atoms. The summed E-state index contributed by atoms with van der Waals surface area (Å²) in [5, 5.41) is 10.7. The Kier molecular flexibility index (Phi) is 4.39. The lowest BCUT2D eigenvalue weighted by molar-refractivity contribution is -0.0944. The zero-order valence-corrected chi connectivity index (χ0v) is 9.63. The molecule has 3 atom stereocenters. The van der Waals surface area contributed by atoms with Gasteiger partial charge in [-0.1, -0.05) is 33.1 Å². The van der Waals surface area contributed by atoms with Gasteiger partial charge in [-0.15, -0.1) is 0 Å². The summed E-state index contributed by atoms with van der Waals surface area (Å²) in [7, 11) is 0. The van der Waals surface area contributed by atoms with Crippen LogP contribution in [0.2, 0.25) is 0 Å². The molecule has 0 amide bonds. The molecule has 0 aromatic heterocycles. The smallest absolute Gasteiger partial charge is 0.0715 e. The molecule has 2 heteroatoms. The van der Waals surface area contributed by atoms with E-state index in [-0.39, 0.29) is 0 Å². The Morgan fingerprint density at radius 3 is 2.64 bits per heavy atom. The van der Waals surface area contributed by atoms with Crippen LogP contribution in [0.3, 0.4) is 0 Å². The first-order valence-electron chi connectivity index (χ1n) is 6.11. The lowest BCUT2D eigenvalue weighted by Crippen LogP contribution is -2.49. The van der Waals surface area contributed by atoms with Crippen molar-refractivity contribution in [3.05, 3.63) is 0 Å². The Labute approximate surface area is 87.9 Å². The minimum absolute atomic E-state index is 0.299. The average molecular weight is 199 g/mol. The molecule has 0 aromatic rings. The molecule has 0 radical (unpaired) electrons. The van der Waals surface area contributed by atoms with Crippen LogP contribution in [0, 0.1) is 11.8 Å². The van der Waals surface area contributed by atoms with Gasteiger partial charge in [0.1, 0.15) is 0 Å². The van der Waals surface area contributed by atoms with Crippen LogP contribution >= 0.6 is 0 Å². The Morgan fingerprint density at radius 1 is 1.43 bits per heavy atom. The minimum Gasteiger partial charge on any atom is -0.389 e. The van der Waals surface area contributed by atoms with Crippen LogP contribution in [0.25, 0.3) is 0 Å². The van der Waals surface area contributed by atoms with E-state index >= 15 is 0 Å². The van der Waals surface area contributed by atoms with Crippen LogP contribution in [0.5, 0.6) is 0 Å². The van der Waals surface area contributed by atoms with Crippen LogP contribution < -0.4 is 5.73 Å². The van der Waals surface area contributed by atoms with E-state index in [1.165, 1.54) is 19.3 Å². The fraction of sp³-hybridized carbons (Fsp3) is 1.00. The van der Waals surface area contributed by atoms with Gasteiger partial charge in [0.2, 0.25) is 0 Å². The van der Waals surface area contributed by atoms with Gasteiger partial charge >= 0.3 is 0 Å². The van der Waals surface area contributed by atoms with Gasteiger partial charge < -0.3 is 10.8 Å². The van der Waals surface area contributed by atoms with Crippen molar-refractivity contribution in [3.63, 3.8) is 0 Å². The molecule has 0 heterocycles. The molecular weight excluding hydrogens is 174 g/mol. The molecule has 84 valence electrons. The summed E-state index contributed by atoms with van der Waals surface area (Å²) in [5.74, 6) is 0.775. The fourth-order valence-electron chi connectivity index (χ4n) is 3.07. The lowest BCUT2D eigenvalue weighted by Gasteiger charge is -2.44. The number of rotatable bonds is 4. The average Bonchev–Trinajstić information content (AvgIpc) is 2.20. The molecule has 1 saturated carbocycles. The van der Waals surface area contributed by atoms with Crippen molar-refractivity contribution in [3.8, 4) is 0 Å². The number of hydrogen-bond donors (Lipinski definition) is 2. The van der Waals surface area contributed by atoms with Crippen molar-refractivity contribution in [1.82, 2.24) is 0 Å². The SMILES string of the molecule is CCC(CN)C1(O)CCCCC1CC. The second-order valence-corrected chi connectivity index (χ2v) is 4.68. The maximum Gasteiger partial charge on any atom is 0.0715 e. The van der Waals surface area contributed by atoms with Crippen molar-refractivity contribution in [2.45, 2.75) is 58.0 Å². The molecule has 0 aromatic carbocycles. The molecular formula is C12H25NO. The van der Waals surface area contributed by atoms with Gasteiger partial charge in [-0.05, 0) is 37.6 Å². The van der Waals surface area contributed by atoms with Crippen molar-refractivity contribution in [2.24, 2.45) is 17.6 Å². The topological polar surface area (TPSA) is 46.2 Å². The summed E-state index contributed by atoms with van der Waals surface area (Å²) in [6.07, 6.45) is 6.69. The van der Waals surface area contributed by atoms with Gasteiger partial charge in [0.25, 0.3) is 0 Å². The standard InChI is InChI=1S/C12H25NO/c1-3-10-7-5-6-8-12(10,14)11(4-2)9-13/h10-11,14H,3-9,13H2,1-2H3. The van der Waals surface area contributed by atoms with Crippen molar-refractivity contribution in [1.29, 1.82) is 0 Å². The Hall–Kier alpha value is -0.0800. The van der Waals surface area contributed by atoms with E-state index in [4.69, 9.17) is 5.73 Å². The Bertz CT molecular complexity index is 158. The summed E-state index contributed by atoms with van der Waals surface area (Å²) in [5.41, 5.74) is 5.29. The number of nitrogens with two attached hydrogens (primary N) is 1. The highest BCUT2D eigenvalue weighted by atomic mass is 16.3. The van der Waals surface area contributed by atoms with E-state index in [1.807, 2.05) is 0 Å². The monoisotopic (exact) mass is 199 g/mol. The number of hydrogen-bond acceptors (Lipinski definition) is 2. The molecule has 2 nitrogen and oxygen atoms in total. The van der Waals surface area contributed by atoms with Crippen LogP contribution in [0.1, 0.15) is 52.4 Å². The molecule has 1 aliphatic carbocycles. The maximum atomic E-state index is 10.7. The van der Waals surface area contributed by atoms with Gasteiger partial charge in [0.05, 0.1) is 5.60 Å². The first-order chi connectivity index (χ1) is 6.69. The second kappa shape index (κ2) is 5.13. The van der Waals surface area contributed by atoms with Crippen molar-refractivity contribution in [2.75, 3.05) is 6.54 Å². The minimum atomic E-state index is -0.462. The van der Waals surface area contributed by atoms with E-state index in [0.717, 1.165) is 19.3 Å². The van der Waals surface area contributed by atoms with Crippen molar-refractivity contribution < 1.29 is 5.11 Å². The molecule has 0 bridgehead atoms. The third-order valence-electron chi connectivity index (χ3n) is 4.06. The van der Waals surface area contributed by atoms with E-state index in [0.29, 0.717) is 18.4 Å². The van der Waals surface area contributed by atoms with Gasteiger partial charge in [-0.2, -0.15) is 0 Å². The van der Waals surface area contributed by atoms with Crippen LogP contribution in [0.15, 0.2) is 0 Å². The lowest BCUT2D eigenvalue weighted by atomic mass is 9.66. The van der Waals surface area contributed by atoms with Gasteiger partial charge in [-0.25, -0.2) is 0 Å². The van der Waals surface area contributed by atoms with Crippen LogP contribution in [0.4, 0.5) is 0 Å². The normalized spacial score (nSPS) is 35.6. The van der Waals surface area contributed by atoms with E-state index in [1.54, 1.807) is 0 Å². The number of aliphatic hydroxyl groups is 1. The van der Waals surface area contributed by atoms with Crippen molar-refractivity contribution >= 4 is 0 Å². The first-order valence-corrected chi connectivity index (χ1v) is 6.11. The zero-order chi connectivity index (χ0) is 10.6. The Balaban J connectivity index is 2.75. The Morgan fingerprint density at radius 2 is 2.14 bits per heavy atom. The molecule has 1 rings (SSSR count). The van der Waals surface area contributed by atoms with Crippen LogP contribution in [-0.2, 0) is 0 Å². The fourth-order valence-corrected chi connectivity index (χ4v) is 3.07. The summed E-state index contributed by atoms with van der Waals surface area (Å²) < 4.78 is 0. The van der Waals surface area contributed by atoms with Crippen LogP contribution in [-0.4, -0.2) is 17.3 Å². The van der Waals surface area contributed by atoms with E-state index < -0.39 is 5.60 Å². The summed E-state index contributed by atoms with van der Waals surface area (Å²) in [6.45, 7) is 4.95. The summed E-state index contributed by atoms with van der Waals surface area (Å²) in [4.78, 5) is 0. The first kappa shape index (κ1) is 12.0.